The molecule has 0 radical (unpaired) electrons. The van der Waals surface area contributed by atoms with Crippen LogP contribution in [0.15, 0.2) is 0 Å². The Hall–Kier alpha value is -0.570. The van der Waals surface area contributed by atoms with Crippen molar-refractivity contribution in [3.63, 3.8) is 0 Å². The molecular formula is C11H22O3. The summed E-state index contributed by atoms with van der Waals surface area (Å²) in [4.78, 5) is 11.7. The number of carbonyl (C=O) groups excluding carboxylic acids is 1. The van der Waals surface area contributed by atoms with Crippen molar-refractivity contribution in [1.82, 2.24) is 0 Å². The van der Waals surface area contributed by atoms with Crippen molar-refractivity contribution in [2.45, 2.75) is 40.2 Å². The molecule has 0 fully saturated rings. The van der Waals surface area contributed by atoms with Gasteiger partial charge in [0.25, 0.3) is 0 Å². The number of hydrogen-bond donors (Lipinski definition) is 0. The van der Waals surface area contributed by atoms with E-state index >= 15 is 0 Å². The van der Waals surface area contributed by atoms with Crippen LogP contribution in [0.4, 0.5) is 0 Å². The Morgan fingerprint density at radius 1 is 1.29 bits per heavy atom. The van der Waals surface area contributed by atoms with Crippen molar-refractivity contribution in [2.24, 2.45) is 11.8 Å². The van der Waals surface area contributed by atoms with Gasteiger partial charge in [-0.1, -0.05) is 13.8 Å². The molecule has 84 valence electrons. The van der Waals surface area contributed by atoms with Crippen LogP contribution in [0.5, 0.6) is 0 Å². The van der Waals surface area contributed by atoms with Crippen LogP contribution < -0.4 is 0 Å². The van der Waals surface area contributed by atoms with Gasteiger partial charge in [0.15, 0.2) is 0 Å². The first-order chi connectivity index (χ1) is 6.28. The highest BCUT2D eigenvalue weighted by Gasteiger charge is 2.27. The van der Waals surface area contributed by atoms with Gasteiger partial charge in [0, 0.05) is 7.11 Å². The van der Waals surface area contributed by atoms with Crippen molar-refractivity contribution in [2.75, 3.05) is 13.7 Å². The molecule has 0 aromatic heterocycles. The molecule has 0 aliphatic heterocycles. The van der Waals surface area contributed by atoms with Crippen LogP contribution in [0.2, 0.25) is 0 Å². The minimum Gasteiger partial charge on any atom is -0.460 e. The average molecular weight is 202 g/mol. The Morgan fingerprint density at radius 3 is 2.07 bits per heavy atom. The largest absolute Gasteiger partial charge is 0.460 e. The van der Waals surface area contributed by atoms with Crippen LogP contribution in [-0.4, -0.2) is 25.3 Å². The zero-order valence-corrected chi connectivity index (χ0v) is 10.1. The van der Waals surface area contributed by atoms with E-state index in [9.17, 15) is 4.79 Å². The maximum Gasteiger partial charge on any atom is 0.312 e. The molecule has 3 nitrogen and oxygen atoms in total. The summed E-state index contributed by atoms with van der Waals surface area (Å²) in [6.45, 7) is 10.0. The highest BCUT2D eigenvalue weighted by molar-refractivity contribution is 5.73. The van der Waals surface area contributed by atoms with Crippen molar-refractivity contribution < 1.29 is 14.3 Å². The molecule has 0 rings (SSSR count). The highest BCUT2D eigenvalue weighted by atomic mass is 16.6. The van der Waals surface area contributed by atoms with Crippen LogP contribution in [0.1, 0.15) is 34.6 Å². The molecule has 0 aliphatic rings. The van der Waals surface area contributed by atoms with E-state index in [2.05, 4.69) is 0 Å². The zero-order valence-electron chi connectivity index (χ0n) is 10.1. The second-order valence-corrected chi connectivity index (χ2v) is 4.84. The molecule has 3 heteroatoms. The molecule has 0 aromatic carbocycles. The summed E-state index contributed by atoms with van der Waals surface area (Å²) in [5, 5.41) is 0. The summed E-state index contributed by atoms with van der Waals surface area (Å²) in [5.41, 5.74) is -0.419. The van der Waals surface area contributed by atoms with E-state index in [1.807, 2.05) is 34.6 Å². The Balaban J connectivity index is 4.30. The lowest BCUT2D eigenvalue weighted by molar-refractivity contribution is -0.163. The molecular weight excluding hydrogens is 180 g/mol. The third-order valence-corrected chi connectivity index (χ3v) is 1.86. The Morgan fingerprint density at radius 2 is 1.79 bits per heavy atom. The van der Waals surface area contributed by atoms with Gasteiger partial charge in [-0.3, -0.25) is 4.79 Å². The predicted molar refractivity (Wildman–Crippen MR) is 56.0 cm³/mol. The molecule has 14 heavy (non-hydrogen) atoms. The van der Waals surface area contributed by atoms with Gasteiger partial charge in [0.05, 0.1) is 12.5 Å². The van der Waals surface area contributed by atoms with Crippen LogP contribution in [0, 0.1) is 11.8 Å². The number of hydrogen-bond acceptors (Lipinski definition) is 3. The Kier molecular flexibility index (Phi) is 5.13. The number of rotatable bonds is 4. The van der Waals surface area contributed by atoms with Gasteiger partial charge in [0.2, 0.25) is 0 Å². The lowest BCUT2D eigenvalue weighted by Crippen LogP contribution is -2.33. The average Bonchev–Trinajstić information content (AvgIpc) is 1.95. The highest BCUT2D eigenvalue weighted by Crippen LogP contribution is 2.17. The summed E-state index contributed by atoms with van der Waals surface area (Å²) < 4.78 is 10.3. The summed E-state index contributed by atoms with van der Waals surface area (Å²) in [6.07, 6.45) is 0. The molecule has 0 spiro atoms. The van der Waals surface area contributed by atoms with E-state index in [0.717, 1.165) is 0 Å². The van der Waals surface area contributed by atoms with E-state index in [1.54, 1.807) is 7.11 Å². The van der Waals surface area contributed by atoms with E-state index < -0.39 is 5.60 Å². The summed E-state index contributed by atoms with van der Waals surface area (Å²) in [6, 6.07) is 0. The molecule has 0 amide bonds. The molecule has 1 atom stereocenters. The van der Waals surface area contributed by atoms with Crippen LogP contribution >= 0.6 is 0 Å². The lowest BCUT2D eigenvalue weighted by Gasteiger charge is -2.25. The molecule has 0 N–H and O–H groups in total. The fourth-order valence-electron chi connectivity index (χ4n) is 1.09. The van der Waals surface area contributed by atoms with Gasteiger partial charge < -0.3 is 9.47 Å². The molecule has 1 unspecified atom stereocenters. The lowest BCUT2D eigenvalue weighted by atomic mass is 9.96. The predicted octanol–water partition coefficient (Wildman–Crippen LogP) is 2.25. The van der Waals surface area contributed by atoms with Crippen molar-refractivity contribution >= 4 is 5.97 Å². The molecule has 0 aromatic rings. The monoisotopic (exact) mass is 202 g/mol. The van der Waals surface area contributed by atoms with Crippen LogP contribution in [0.25, 0.3) is 0 Å². The Labute approximate surface area is 86.8 Å². The van der Waals surface area contributed by atoms with E-state index in [0.29, 0.717) is 6.61 Å². The summed E-state index contributed by atoms with van der Waals surface area (Å²) >= 11 is 0. The van der Waals surface area contributed by atoms with E-state index in [1.165, 1.54) is 0 Å². The molecule has 0 saturated carbocycles. The molecule has 0 heterocycles. The minimum atomic E-state index is -0.419. The maximum absolute atomic E-state index is 11.7. The second kappa shape index (κ2) is 5.35. The first-order valence-electron chi connectivity index (χ1n) is 4.99. The van der Waals surface area contributed by atoms with Crippen molar-refractivity contribution in [3.8, 4) is 0 Å². The second-order valence-electron chi connectivity index (χ2n) is 4.84. The zero-order chi connectivity index (χ0) is 11.4. The van der Waals surface area contributed by atoms with Crippen LogP contribution in [0.3, 0.4) is 0 Å². The quantitative estimate of drug-likeness (QED) is 0.656. The maximum atomic E-state index is 11.7. The topological polar surface area (TPSA) is 35.5 Å². The SMILES string of the molecule is COCC(C(=O)OC(C)(C)C)C(C)C. The number of carbonyl (C=O) groups is 1. The fourth-order valence-corrected chi connectivity index (χ4v) is 1.09. The number of ether oxygens (including phenoxy) is 2. The smallest absolute Gasteiger partial charge is 0.312 e. The molecule has 0 aliphatic carbocycles. The normalized spacial score (nSPS) is 14.2. The van der Waals surface area contributed by atoms with Crippen LogP contribution in [-0.2, 0) is 14.3 Å². The third kappa shape index (κ3) is 5.22. The van der Waals surface area contributed by atoms with Gasteiger partial charge in [-0.2, -0.15) is 0 Å². The minimum absolute atomic E-state index is 0.167. The Bertz CT molecular complexity index is 179. The summed E-state index contributed by atoms with van der Waals surface area (Å²) in [7, 11) is 1.60. The number of esters is 1. The first-order valence-corrected chi connectivity index (χ1v) is 4.99. The van der Waals surface area contributed by atoms with E-state index in [4.69, 9.17) is 9.47 Å². The number of methoxy groups -OCH3 is 1. The van der Waals surface area contributed by atoms with E-state index in [-0.39, 0.29) is 17.8 Å². The first kappa shape index (κ1) is 13.4. The van der Waals surface area contributed by atoms with Gasteiger partial charge >= 0.3 is 5.97 Å². The molecule has 0 bridgehead atoms. The van der Waals surface area contributed by atoms with Gasteiger partial charge in [-0.05, 0) is 26.7 Å². The van der Waals surface area contributed by atoms with Gasteiger partial charge in [0.1, 0.15) is 5.60 Å². The van der Waals surface area contributed by atoms with Gasteiger partial charge in [-0.15, -0.1) is 0 Å². The standard InChI is InChI=1S/C11H22O3/c1-8(2)9(7-13-6)10(12)14-11(3,4)5/h8-9H,7H2,1-6H3. The van der Waals surface area contributed by atoms with Crippen molar-refractivity contribution in [3.05, 3.63) is 0 Å². The third-order valence-electron chi connectivity index (χ3n) is 1.86. The van der Waals surface area contributed by atoms with Crippen molar-refractivity contribution in [1.29, 1.82) is 0 Å². The molecule has 0 saturated heterocycles. The van der Waals surface area contributed by atoms with Gasteiger partial charge in [-0.25, -0.2) is 0 Å². The summed E-state index contributed by atoms with van der Waals surface area (Å²) in [5.74, 6) is -0.0987. The fraction of sp³-hybridized carbons (Fsp3) is 0.909.